The van der Waals surface area contributed by atoms with Crippen molar-refractivity contribution >= 4 is 0 Å². The zero-order chi connectivity index (χ0) is 12.7. The smallest absolute Gasteiger partial charge is 0.0194 e. The minimum atomic E-state index is 0.656. The zero-order valence-electron chi connectivity index (χ0n) is 12.2. The van der Waals surface area contributed by atoms with Crippen LogP contribution in [0.15, 0.2) is 0 Å². The lowest BCUT2D eigenvalue weighted by Crippen LogP contribution is -2.40. The molecule has 0 aromatic heterocycles. The van der Waals surface area contributed by atoms with Crippen molar-refractivity contribution in [2.75, 3.05) is 39.8 Å². The summed E-state index contributed by atoms with van der Waals surface area (Å²) in [6, 6.07) is 1.36. The Morgan fingerprint density at radius 3 is 2.82 bits per heavy atom. The van der Waals surface area contributed by atoms with E-state index in [9.17, 15) is 0 Å². The Morgan fingerprint density at radius 2 is 2.12 bits per heavy atom. The van der Waals surface area contributed by atoms with Gasteiger partial charge in [0, 0.05) is 18.6 Å². The molecule has 1 rings (SSSR count). The molecule has 1 N–H and O–H groups in total. The largest absolute Gasteiger partial charge is 0.314 e. The Hall–Kier alpha value is -0.120. The van der Waals surface area contributed by atoms with Gasteiger partial charge in [0.25, 0.3) is 0 Å². The van der Waals surface area contributed by atoms with Gasteiger partial charge in [-0.3, -0.25) is 4.90 Å². The quantitative estimate of drug-likeness (QED) is 0.765. The molecule has 1 aliphatic rings. The highest BCUT2D eigenvalue weighted by atomic mass is 15.2. The lowest BCUT2D eigenvalue weighted by molar-refractivity contribution is 0.194. The van der Waals surface area contributed by atoms with Crippen molar-refractivity contribution in [3.8, 4) is 0 Å². The third kappa shape index (κ3) is 5.84. The summed E-state index contributed by atoms with van der Waals surface area (Å²) in [4.78, 5) is 5.12. The van der Waals surface area contributed by atoms with Crippen LogP contribution in [-0.2, 0) is 0 Å². The third-order valence-electron chi connectivity index (χ3n) is 3.78. The lowest BCUT2D eigenvalue weighted by Gasteiger charge is -2.29. The van der Waals surface area contributed by atoms with E-state index in [0.29, 0.717) is 12.1 Å². The second kappa shape index (κ2) is 8.06. The molecule has 0 radical (unpaired) electrons. The number of hydrogen-bond donors (Lipinski definition) is 1. The van der Waals surface area contributed by atoms with E-state index in [-0.39, 0.29) is 0 Å². The molecule has 2 unspecified atom stereocenters. The van der Waals surface area contributed by atoms with Crippen molar-refractivity contribution in [2.24, 2.45) is 0 Å². The van der Waals surface area contributed by atoms with Gasteiger partial charge >= 0.3 is 0 Å². The molecule has 0 aromatic rings. The van der Waals surface area contributed by atoms with E-state index < -0.39 is 0 Å². The van der Waals surface area contributed by atoms with E-state index in [0.717, 1.165) is 6.54 Å². The minimum Gasteiger partial charge on any atom is -0.314 e. The molecule has 3 nitrogen and oxygen atoms in total. The van der Waals surface area contributed by atoms with Crippen LogP contribution in [0.2, 0.25) is 0 Å². The van der Waals surface area contributed by atoms with E-state index in [1.807, 2.05) is 0 Å². The van der Waals surface area contributed by atoms with Crippen molar-refractivity contribution in [3.05, 3.63) is 0 Å². The number of likely N-dealkylation sites (N-methyl/N-ethyl adjacent to an activating group) is 1. The summed E-state index contributed by atoms with van der Waals surface area (Å²) in [7, 11) is 2.24. The van der Waals surface area contributed by atoms with Gasteiger partial charge < -0.3 is 10.2 Å². The van der Waals surface area contributed by atoms with Gasteiger partial charge in [-0.1, -0.05) is 6.92 Å². The van der Waals surface area contributed by atoms with Crippen LogP contribution in [0.25, 0.3) is 0 Å². The first kappa shape index (κ1) is 14.9. The summed E-state index contributed by atoms with van der Waals surface area (Å²) in [5, 5.41) is 3.57. The van der Waals surface area contributed by atoms with Crippen LogP contribution in [0, 0.1) is 0 Å². The van der Waals surface area contributed by atoms with E-state index >= 15 is 0 Å². The molecule has 1 heterocycles. The molecule has 2 atom stereocenters. The molecule has 0 amide bonds. The highest BCUT2D eigenvalue weighted by molar-refractivity contribution is 4.76. The molecule has 1 fully saturated rings. The Kier molecular flexibility index (Phi) is 7.09. The molecule has 1 saturated heterocycles. The molecule has 3 heteroatoms. The fourth-order valence-corrected chi connectivity index (χ4v) is 2.61. The normalized spacial score (nSPS) is 25.8. The number of nitrogens with one attached hydrogen (secondary N) is 1. The fraction of sp³-hybridized carbons (Fsp3) is 1.00. The first-order valence-corrected chi connectivity index (χ1v) is 7.29. The highest BCUT2D eigenvalue weighted by Gasteiger charge is 2.19. The van der Waals surface area contributed by atoms with E-state index in [1.54, 1.807) is 0 Å². The molecule has 0 aliphatic carbocycles. The molecular formula is C14H31N3. The lowest BCUT2D eigenvalue weighted by atomic mass is 10.2. The summed E-state index contributed by atoms with van der Waals surface area (Å²) in [5.41, 5.74) is 0. The molecule has 17 heavy (non-hydrogen) atoms. The van der Waals surface area contributed by atoms with Crippen molar-refractivity contribution < 1.29 is 0 Å². The Balaban J connectivity index is 2.24. The number of hydrogen-bond acceptors (Lipinski definition) is 3. The zero-order valence-corrected chi connectivity index (χ0v) is 12.2. The van der Waals surface area contributed by atoms with Crippen LogP contribution in [0.3, 0.4) is 0 Å². The number of rotatable bonds is 6. The van der Waals surface area contributed by atoms with Gasteiger partial charge in [-0.15, -0.1) is 0 Å². The van der Waals surface area contributed by atoms with E-state index in [2.05, 4.69) is 42.9 Å². The first-order valence-electron chi connectivity index (χ1n) is 7.29. The third-order valence-corrected chi connectivity index (χ3v) is 3.78. The Bertz CT molecular complexity index is 196. The average Bonchev–Trinajstić information content (AvgIpc) is 2.45. The molecule has 102 valence electrons. The van der Waals surface area contributed by atoms with Gasteiger partial charge in [0.2, 0.25) is 0 Å². The highest BCUT2D eigenvalue weighted by Crippen LogP contribution is 2.09. The number of nitrogens with zero attached hydrogens (tertiary/aromatic N) is 2. The van der Waals surface area contributed by atoms with Gasteiger partial charge in [0.1, 0.15) is 0 Å². The van der Waals surface area contributed by atoms with Gasteiger partial charge in [-0.25, -0.2) is 0 Å². The van der Waals surface area contributed by atoms with Gasteiger partial charge in [0.05, 0.1) is 0 Å². The molecule has 0 saturated carbocycles. The van der Waals surface area contributed by atoms with Crippen LogP contribution < -0.4 is 5.32 Å². The van der Waals surface area contributed by atoms with Crippen LogP contribution in [0.5, 0.6) is 0 Å². The van der Waals surface area contributed by atoms with Gasteiger partial charge in [-0.2, -0.15) is 0 Å². The standard InChI is InChI=1S/C14H31N3/c1-5-8-15-13(2)7-11-17-10-6-9-16(4)12-14(17)3/h13-15H,5-12H2,1-4H3. The predicted molar refractivity (Wildman–Crippen MR) is 75.5 cm³/mol. The van der Waals surface area contributed by atoms with E-state index in [4.69, 9.17) is 0 Å². The average molecular weight is 241 g/mol. The van der Waals surface area contributed by atoms with Crippen LogP contribution in [-0.4, -0.2) is 61.7 Å². The van der Waals surface area contributed by atoms with Crippen LogP contribution >= 0.6 is 0 Å². The Labute approximate surface area is 108 Å². The molecule has 0 bridgehead atoms. The van der Waals surface area contributed by atoms with Crippen LogP contribution in [0.1, 0.15) is 40.0 Å². The van der Waals surface area contributed by atoms with Gasteiger partial charge in [-0.05, 0) is 66.3 Å². The second-order valence-corrected chi connectivity index (χ2v) is 5.64. The Morgan fingerprint density at radius 1 is 1.35 bits per heavy atom. The topological polar surface area (TPSA) is 18.5 Å². The summed E-state index contributed by atoms with van der Waals surface area (Å²) in [6.45, 7) is 13.0. The SMILES string of the molecule is CCCNC(C)CCN1CCCN(C)CC1C. The van der Waals surface area contributed by atoms with Crippen molar-refractivity contribution in [2.45, 2.75) is 52.1 Å². The van der Waals surface area contributed by atoms with Crippen molar-refractivity contribution in [1.82, 2.24) is 15.1 Å². The van der Waals surface area contributed by atoms with Gasteiger partial charge in [0.15, 0.2) is 0 Å². The monoisotopic (exact) mass is 241 g/mol. The van der Waals surface area contributed by atoms with E-state index in [1.165, 1.54) is 45.4 Å². The van der Waals surface area contributed by atoms with Crippen molar-refractivity contribution in [1.29, 1.82) is 0 Å². The van der Waals surface area contributed by atoms with Crippen LogP contribution in [0.4, 0.5) is 0 Å². The minimum absolute atomic E-state index is 0.656. The maximum Gasteiger partial charge on any atom is 0.0194 e. The van der Waals surface area contributed by atoms with Crippen molar-refractivity contribution in [3.63, 3.8) is 0 Å². The molecule has 0 spiro atoms. The molecule has 1 aliphatic heterocycles. The fourth-order valence-electron chi connectivity index (χ4n) is 2.61. The first-order chi connectivity index (χ1) is 8.13. The predicted octanol–water partition coefficient (Wildman–Crippen LogP) is 1.79. The second-order valence-electron chi connectivity index (χ2n) is 5.64. The molecular weight excluding hydrogens is 210 g/mol. The maximum absolute atomic E-state index is 3.57. The summed E-state index contributed by atoms with van der Waals surface area (Å²) >= 11 is 0. The summed E-state index contributed by atoms with van der Waals surface area (Å²) in [6.07, 6.45) is 3.82. The molecule has 0 aromatic carbocycles. The summed E-state index contributed by atoms with van der Waals surface area (Å²) in [5.74, 6) is 0. The maximum atomic E-state index is 3.57. The summed E-state index contributed by atoms with van der Waals surface area (Å²) < 4.78 is 0.